The number of carbonyl (C=O) groups is 1. The van der Waals surface area contributed by atoms with E-state index in [1.54, 1.807) is 0 Å². The highest BCUT2D eigenvalue weighted by Gasteiger charge is 2.65. The second-order valence-electron chi connectivity index (χ2n) is 10.4. The molecule has 1 saturated heterocycles. The van der Waals surface area contributed by atoms with Crippen molar-refractivity contribution in [2.75, 3.05) is 43.4 Å². The summed E-state index contributed by atoms with van der Waals surface area (Å²) in [6.07, 6.45) is 0.857. The van der Waals surface area contributed by atoms with Crippen molar-refractivity contribution in [2.24, 2.45) is 0 Å². The molecular weight excluding hydrogens is 434 g/mol. The first kappa shape index (κ1) is 20.7. The number of hydrogen-bond acceptors (Lipinski definition) is 4. The lowest BCUT2D eigenvalue weighted by Gasteiger charge is -2.34. The molecule has 2 fully saturated rings. The van der Waals surface area contributed by atoms with Crippen LogP contribution in [0, 0.1) is 6.92 Å². The zero-order valence-corrected chi connectivity index (χ0v) is 20.1. The van der Waals surface area contributed by atoms with Crippen molar-refractivity contribution in [3.05, 3.63) is 77.4 Å². The van der Waals surface area contributed by atoms with Gasteiger partial charge in [0.15, 0.2) is 0 Å². The van der Waals surface area contributed by atoms with Crippen molar-refractivity contribution in [1.82, 2.24) is 15.1 Å². The fourth-order valence-electron chi connectivity index (χ4n) is 6.08. The number of hydrogen-bond donors (Lipinski definition) is 2. The summed E-state index contributed by atoms with van der Waals surface area (Å²) < 4.78 is 0. The Hall–Kier alpha value is -3.64. The molecule has 6 heteroatoms. The molecule has 2 N–H and O–H groups in total. The van der Waals surface area contributed by atoms with Gasteiger partial charge in [0.1, 0.15) is 0 Å². The number of nitrogens with zero attached hydrogens (tertiary/aromatic N) is 3. The summed E-state index contributed by atoms with van der Waals surface area (Å²) in [5, 5.41) is 12.1. The van der Waals surface area contributed by atoms with Crippen LogP contribution < -0.4 is 10.2 Å². The number of likely N-dealkylation sites (N-methyl/N-ethyl adjacent to an activating group) is 1. The van der Waals surface area contributed by atoms with Crippen LogP contribution >= 0.6 is 0 Å². The number of aryl methyl sites for hydroxylation is 1. The van der Waals surface area contributed by atoms with Gasteiger partial charge < -0.3 is 15.1 Å². The Bertz CT molecular complexity index is 1460. The van der Waals surface area contributed by atoms with Crippen molar-refractivity contribution >= 4 is 28.2 Å². The van der Waals surface area contributed by atoms with E-state index in [-0.39, 0.29) is 11.8 Å². The number of nitrogens with one attached hydrogen (secondary N) is 2. The fourth-order valence-corrected chi connectivity index (χ4v) is 6.08. The van der Waals surface area contributed by atoms with Gasteiger partial charge in [-0.05, 0) is 55.8 Å². The predicted molar refractivity (Wildman–Crippen MR) is 140 cm³/mol. The molecule has 0 radical (unpaired) electrons. The Labute approximate surface area is 204 Å². The summed E-state index contributed by atoms with van der Waals surface area (Å²) in [5.41, 5.74) is 8.47. The van der Waals surface area contributed by atoms with Crippen LogP contribution in [0.15, 0.2) is 60.7 Å². The zero-order valence-electron chi connectivity index (χ0n) is 20.1. The molecular formula is C29H29N5O. The number of piperazine rings is 1. The lowest BCUT2D eigenvalue weighted by Crippen LogP contribution is -2.44. The number of benzene rings is 3. The normalized spacial score (nSPS) is 23.7. The average Bonchev–Trinajstić information content (AvgIpc) is 3.40. The Balaban J connectivity index is 1.17. The molecule has 1 amide bonds. The molecule has 6 nitrogen and oxygen atoms in total. The van der Waals surface area contributed by atoms with E-state index >= 15 is 0 Å². The van der Waals surface area contributed by atoms with Crippen molar-refractivity contribution in [3.8, 4) is 11.3 Å². The van der Waals surface area contributed by atoms with Gasteiger partial charge in [0.25, 0.3) is 0 Å². The second-order valence-corrected chi connectivity index (χ2v) is 10.4. The zero-order chi connectivity index (χ0) is 23.7. The third-order valence-corrected chi connectivity index (χ3v) is 8.27. The molecule has 3 aromatic carbocycles. The van der Waals surface area contributed by atoms with E-state index < -0.39 is 5.41 Å². The van der Waals surface area contributed by atoms with Crippen LogP contribution in [0.4, 0.5) is 11.4 Å². The van der Waals surface area contributed by atoms with Gasteiger partial charge in [-0.1, -0.05) is 42.0 Å². The molecule has 0 unspecified atom stereocenters. The fraction of sp³-hybridized carbons (Fsp3) is 0.310. The average molecular weight is 464 g/mol. The highest BCUT2D eigenvalue weighted by Crippen LogP contribution is 2.65. The van der Waals surface area contributed by atoms with Crippen molar-refractivity contribution < 1.29 is 4.79 Å². The number of carbonyl (C=O) groups excluding carboxylic acids is 1. The number of H-pyrrole nitrogens is 1. The SMILES string of the molecule is Cc1ccc2c(c1)[C@]1(C[C@H]1c1ccc3c(-c4ccc(N5CCN(C)CC5)cc4)n[nH]c3c1)C(=O)N2. The van der Waals surface area contributed by atoms with Crippen LogP contribution in [0.1, 0.15) is 29.0 Å². The van der Waals surface area contributed by atoms with E-state index in [0.29, 0.717) is 0 Å². The van der Waals surface area contributed by atoms with E-state index in [1.165, 1.54) is 16.8 Å². The van der Waals surface area contributed by atoms with Crippen LogP contribution in [-0.4, -0.2) is 54.2 Å². The number of aromatic nitrogens is 2. The minimum atomic E-state index is -0.420. The molecule has 7 rings (SSSR count). The molecule has 3 heterocycles. The van der Waals surface area contributed by atoms with Gasteiger partial charge in [0.2, 0.25) is 5.91 Å². The maximum Gasteiger partial charge on any atom is 0.235 e. The second kappa shape index (κ2) is 7.43. The van der Waals surface area contributed by atoms with Crippen molar-refractivity contribution in [3.63, 3.8) is 0 Å². The molecule has 0 bridgehead atoms. The first-order valence-electron chi connectivity index (χ1n) is 12.5. The Morgan fingerprint density at radius 1 is 0.971 bits per heavy atom. The first-order valence-corrected chi connectivity index (χ1v) is 12.5. The molecule has 1 spiro atoms. The lowest BCUT2D eigenvalue weighted by molar-refractivity contribution is -0.118. The van der Waals surface area contributed by atoms with Crippen LogP contribution in [0.3, 0.4) is 0 Å². The molecule has 2 aliphatic heterocycles. The van der Waals surface area contributed by atoms with Gasteiger partial charge in [0, 0.05) is 54.4 Å². The Morgan fingerprint density at radius 2 is 1.77 bits per heavy atom. The smallest absolute Gasteiger partial charge is 0.235 e. The summed E-state index contributed by atoms with van der Waals surface area (Å²) in [4.78, 5) is 17.8. The largest absolute Gasteiger partial charge is 0.369 e. The Kier molecular flexibility index (Phi) is 4.39. The summed E-state index contributed by atoms with van der Waals surface area (Å²) in [5.74, 6) is 0.332. The topological polar surface area (TPSA) is 64.3 Å². The summed E-state index contributed by atoms with van der Waals surface area (Å²) in [6.45, 7) is 6.42. The highest BCUT2D eigenvalue weighted by atomic mass is 16.2. The number of fused-ring (bicyclic) bond motifs is 3. The summed E-state index contributed by atoms with van der Waals surface area (Å²) in [7, 11) is 2.18. The molecule has 1 saturated carbocycles. The highest BCUT2D eigenvalue weighted by molar-refractivity contribution is 6.10. The maximum absolute atomic E-state index is 13.0. The van der Waals surface area contributed by atoms with Gasteiger partial charge in [-0.25, -0.2) is 0 Å². The molecule has 176 valence electrons. The molecule has 4 aromatic rings. The van der Waals surface area contributed by atoms with E-state index in [1.807, 2.05) is 6.07 Å². The number of aromatic amines is 1. The third-order valence-electron chi connectivity index (χ3n) is 8.27. The lowest BCUT2D eigenvalue weighted by atomic mass is 9.91. The van der Waals surface area contributed by atoms with E-state index in [0.717, 1.165) is 66.0 Å². The van der Waals surface area contributed by atoms with Crippen LogP contribution in [0.5, 0.6) is 0 Å². The summed E-state index contributed by atoms with van der Waals surface area (Å²) in [6, 6.07) is 21.6. The van der Waals surface area contributed by atoms with Gasteiger partial charge in [0.05, 0.1) is 16.6 Å². The summed E-state index contributed by atoms with van der Waals surface area (Å²) >= 11 is 0. The van der Waals surface area contributed by atoms with E-state index in [2.05, 4.69) is 93.9 Å². The monoisotopic (exact) mass is 463 g/mol. The molecule has 1 aromatic heterocycles. The maximum atomic E-state index is 13.0. The molecule has 35 heavy (non-hydrogen) atoms. The number of amides is 1. The van der Waals surface area contributed by atoms with E-state index in [9.17, 15) is 4.79 Å². The number of anilines is 2. The van der Waals surface area contributed by atoms with Gasteiger partial charge in [-0.3, -0.25) is 9.89 Å². The third kappa shape index (κ3) is 3.13. The van der Waals surface area contributed by atoms with Crippen molar-refractivity contribution in [2.45, 2.75) is 24.7 Å². The van der Waals surface area contributed by atoms with Crippen LogP contribution in [-0.2, 0) is 10.2 Å². The standard InChI is InChI=1S/C29H29N5O/c1-18-3-10-25-23(15-18)29(28(35)30-25)17-24(29)20-6-9-22-26(16-20)31-32-27(22)19-4-7-21(8-5-19)34-13-11-33(2)12-14-34/h3-10,15-16,24H,11-14,17H2,1-2H3,(H,30,35)(H,31,32)/t24-,29-/m0/s1. The molecule has 3 aliphatic rings. The Morgan fingerprint density at radius 3 is 2.57 bits per heavy atom. The predicted octanol–water partition coefficient (Wildman–Crippen LogP) is 4.67. The van der Waals surface area contributed by atoms with Gasteiger partial charge in [-0.2, -0.15) is 5.10 Å². The minimum Gasteiger partial charge on any atom is -0.369 e. The molecule has 1 aliphatic carbocycles. The van der Waals surface area contributed by atoms with Crippen molar-refractivity contribution in [1.29, 1.82) is 0 Å². The number of rotatable bonds is 3. The van der Waals surface area contributed by atoms with Gasteiger partial charge >= 0.3 is 0 Å². The quantitative estimate of drug-likeness (QED) is 0.464. The first-order chi connectivity index (χ1) is 17.0. The van der Waals surface area contributed by atoms with Crippen LogP contribution in [0.25, 0.3) is 22.2 Å². The van der Waals surface area contributed by atoms with Crippen LogP contribution in [0.2, 0.25) is 0 Å². The van der Waals surface area contributed by atoms with E-state index in [4.69, 9.17) is 0 Å². The molecule has 2 atom stereocenters. The van der Waals surface area contributed by atoms with Gasteiger partial charge in [-0.15, -0.1) is 0 Å². The minimum absolute atomic E-state index is 0.133.